The van der Waals surface area contributed by atoms with E-state index in [2.05, 4.69) is 41.5 Å². The van der Waals surface area contributed by atoms with Crippen molar-refractivity contribution in [2.45, 2.75) is 37.6 Å². The van der Waals surface area contributed by atoms with Gasteiger partial charge < -0.3 is 9.32 Å². The molecular weight excluding hydrogens is 490 g/mol. The van der Waals surface area contributed by atoms with Crippen LogP contribution in [0.4, 0.5) is 0 Å². The van der Waals surface area contributed by atoms with E-state index in [1.807, 2.05) is 29.0 Å². The summed E-state index contributed by atoms with van der Waals surface area (Å²) in [5.41, 5.74) is 3.90. The second-order valence-electron chi connectivity index (χ2n) is 11.1. The van der Waals surface area contributed by atoms with Gasteiger partial charge in [0.05, 0.1) is 6.26 Å². The SMILES string of the molecule is Cn1ccc(C(=O)N2CC[C@@H](CN3C(=O)C4(CCCC4)N=C3c3ccc(-c4ccc5occc5c4)cc3)C2)n1. The summed E-state index contributed by atoms with van der Waals surface area (Å²) in [6.07, 6.45) is 8.03. The van der Waals surface area contributed by atoms with Crippen molar-refractivity contribution < 1.29 is 14.0 Å². The quantitative estimate of drug-likeness (QED) is 0.374. The molecule has 1 spiro atoms. The lowest BCUT2D eigenvalue weighted by Crippen LogP contribution is -2.44. The van der Waals surface area contributed by atoms with Crippen molar-refractivity contribution >= 4 is 28.6 Å². The fourth-order valence-corrected chi connectivity index (χ4v) is 6.41. The summed E-state index contributed by atoms with van der Waals surface area (Å²) in [5.74, 6) is 1.05. The number of carbonyl (C=O) groups is 2. The molecule has 7 rings (SSSR count). The van der Waals surface area contributed by atoms with Gasteiger partial charge in [-0.15, -0.1) is 0 Å². The molecule has 8 nitrogen and oxygen atoms in total. The normalized spacial score (nSPS) is 20.5. The van der Waals surface area contributed by atoms with Crippen LogP contribution in [0.1, 0.15) is 48.2 Å². The summed E-state index contributed by atoms with van der Waals surface area (Å²) in [4.78, 5) is 35.7. The van der Waals surface area contributed by atoms with Gasteiger partial charge in [0.1, 0.15) is 22.7 Å². The molecule has 39 heavy (non-hydrogen) atoms. The number of likely N-dealkylation sites (tertiary alicyclic amines) is 1. The Hall–Kier alpha value is -4.20. The molecular formula is C31H31N5O3. The summed E-state index contributed by atoms with van der Waals surface area (Å²) in [7, 11) is 1.81. The van der Waals surface area contributed by atoms with Gasteiger partial charge in [-0.1, -0.05) is 43.2 Å². The van der Waals surface area contributed by atoms with E-state index in [-0.39, 0.29) is 17.7 Å². The summed E-state index contributed by atoms with van der Waals surface area (Å²) in [5, 5.41) is 5.35. The number of rotatable bonds is 5. The van der Waals surface area contributed by atoms with Crippen LogP contribution in [0.25, 0.3) is 22.1 Å². The van der Waals surface area contributed by atoms with E-state index in [4.69, 9.17) is 9.41 Å². The molecule has 2 amide bonds. The fourth-order valence-electron chi connectivity index (χ4n) is 6.41. The van der Waals surface area contributed by atoms with Crippen LogP contribution in [0.5, 0.6) is 0 Å². The van der Waals surface area contributed by atoms with E-state index < -0.39 is 5.54 Å². The van der Waals surface area contributed by atoms with Crippen LogP contribution in [-0.2, 0) is 11.8 Å². The third kappa shape index (κ3) is 4.15. The average molecular weight is 522 g/mol. The molecule has 2 aliphatic heterocycles. The number of furan rings is 1. The predicted octanol–water partition coefficient (Wildman–Crippen LogP) is 4.90. The van der Waals surface area contributed by atoms with Gasteiger partial charge in [-0.05, 0) is 60.6 Å². The first kappa shape index (κ1) is 23.9. The summed E-state index contributed by atoms with van der Waals surface area (Å²) >= 11 is 0. The second-order valence-corrected chi connectivity index (χ2v) is 11.1. The van der Waals surface area contributed by atoms with Gasteiger partial charge in [-0.2, -0.15) is 5.10 Å². The summed E-state index contributed by atoms with van der Waals surface area (Å²) < 4.78 is 7.13. The van der Waals surface area contributed by atoms with Crippen molar-refractivity contribution in [1.29, 1.82) is 0 Å². The lowest BCUT2D eigenvalue weighted by Gasteiger charge is -2.25. The Morgan fingerprint density at radius 2 is 1.79 bits per heavy atom. The molecule has 8 heteroatoms. The van der Waals surface area contributed by atoms with Crippen molar-refractivity contribution in [3.05, 3.63) is 78.3 Å². The van der Waals surface area contributed by atoms with Gasteiger partial charge in [0.2, 0.25) is 0 Å². The van der Waals surface area contributed by atoms with E-state index in [9.17, 15) is 9.59 Å². The Labute approximate surface area is 226 Å². The minimum Gasteiger partial charge on any atom is -0.464 e. The Balaban J connectivity index is 1.13. The number of benzene rings is 2. The van der Waals surface area contributed by atoms with Crippen LogP contribution in [0.15, 0.2) is 76.5 Å². The predicted molar refractivity (Wildman–Crippen MR) is 148 cm³/mol. The lowest BCUT2D eigenvalue weighted by atomic mass is 9.97. The van der Waals surface area contributed by atoms with E-state index in [0.717, 1.165) is 65.6 Å². The molecule has 1 saturated carbocycles. The van der Waals surface area contributed by atoms with Gasteiger partial charge >= 0.3 is 0 Å². The monoisotopic (exact) mass is 521 g/mol. The van der Waals surface area contributed by atoms with Gasteiger partial charge in [0.15, 0.2) is 0 Å². The van der Waals surface area contributed by atoms with Crippen molar-refractivity contribution in [1.82, 2.24) is 19.6 Å². The molecule has 2 aromatic carbocycles. The molecule has 198 valence electrons. The van der Waals surface area contributed by atoms with Crippen LogP contribution in [-0.4, -0.2) is 62.4 Å². The van der Waals surface area contributed by atoms with Crippen molar-refractivity contribution in [2.75, 3.05) is 19.6 Å². The highest BCUT2D eigenvalue weighted by Gasteiger charge is 2.50. The molecule has 2 aromatic heterocycles. The molecule has 2 fully saturated rings. The van der Waals surface area contributed by atoms with Crippen molar-refractivity contribution in [3.63, 3.8) is 0 Å². The number of amidine groups is 1. The van der Waals surface area contributed by atoms with E-state index in [0.29, 0.717) is 25.3 Å². The topological polar surface area (TPSA) is 83.9 Å². The number of fused-ring (bicyclic) bond motifs is 1. The number of aryl methyl sites for hydroxylation is 1. The number of aliphatic imine (C=N–C) groups is 1. The number of nitrogens with zero attached hydrogens (tertiary/aromatic N) is 5. The third-order valence-electron chi connectivity index (χ3n) is 8.52. The van der Waals surface area contributed by atoms with Crippen LogP contribution in [0.3, 0.4) is 0 Å². The van der Waals surface area contributed by atoms with E-state index >= 15 is 0 Å². The maximum atomic E-state index is 13.8. The highest BCUT2D eigenvalue weighted by Crippen LogP contribution is 2.40. The Morgan fingerprint density at radius 1 is 1.03 bits per heavy atom. The second kappa shape index (κ2) is 9.22. The van der Waals surface area contributed by atoms with Gasteiger partial charge in [-0.25, -0.2) is 0 Å². The van der Waals surface area contributed by atoms with Crippen LogP contribution >= 0.6 is 0 Å². The first-order chi connectivity index (χ1) is 19.0. The first-order valence-corrected chi connectivity index (χ1v) is 13.8. The Bertz CT molecular complexity index is 1590. The highest BCUT2D eigenvalue weighted by molar-refractivity contribution is 6.15. The number of carbonyl (C=O) groups excluding carboxylic acids is 2. The number of hydrogen-bond donors (Lipinski definition) is 0. The molecule has 0 N–H and O–H groups in total. The smallest absolute Gasteiger partial charge is 0.274 e. The maximum Gasteiger partial charge on any atom is 0.274 e. The standard InChI is InChI=1S/C31H31N5O3/c1-34-15-11-26(33-34)29(37)35-16-10-21(19-35)20-36-28(32-31(30(36)38)13-2-3-14-31)23-6-4-22(5-7-23)24-8-9-27-25(18-24)12-17-39-27/h4-9,11-12,15,17-18,21H,2-3,10,13-14,16,19-20H2,1H3/t21-/m1/s1. The van der Waals surface area contributed by atoms with Crippen LogP contribution in [0.2, 0.25) is 0 Å². The molecule has 1 saturated heterocycles. The Kier molecular flexibility index (Phi) is 5.65. The van der Waals surface area contributed by atoms with Crippen LogP contribution < -0.4 is 0 Å². The summed E-state index contributed by atoms with van der Waals surface area (Å²) in [6.45, 7) is 1.87. The minimum absolute atomic E-state index is 0.0452. The van der Waals surface area contributed by atoms with E-state index in [1.165, 1.54) is 0 Å². The third-order valence-corrected chi connectivity index (χ3v) is 8.52. The number of hydrogen-bond acceptors (Lipinski definition) is 5. The molecule has 4 heterocycles. The minimum atomic E-state index is -0.623. The molecule has 0 bridgehead atoms. The molecule has 0 unspecified atom stereocenters. The zero-order valence-corrected chi connectivity index (χ0v) is 22.0. The molecule has 3 aliphatic rings. The highest BCUT2D eigenvalue weighted by atomic mass is 16.3. The van der Waals surface area contributed by atoms with Gasteiger partial charge in [0, 0.05) is 43.8 Å². The molecule has 4 aromatic rings. The van der Waals surface area contributed by atoms with Crippen molar-refractivity contribution in [3.8, 4) is 11.1 Å². The molecule has 0 radical (unpaired) electrons. The van der Waals surface area contributed by atoms with E-state index in [1.54, 1.807) is 23.2 Å². The summed E-state index contributed by atoms with van der Waals surface area (Å²) in [6, 6.07) is 18.3. The zero-order valence-electron chi connectivity index (χ0n) is 22.0. The van der Waals surface area contributed by atoms with Crippen LogP contribution in [0, 0.1) is 5.92 Å². The first-order valence-electron chi connectivity index (χ1n) is 13.8. The lowest BCUT2D eigenvalue weighted by molar-refractivity contribution is -0.131. The zero-order chi connectivity index (χ0) is 26.6. The maximum absolute atomic E-state index is 13.8. The Morgan fingerprint density at radius 3 is 2.56 bits per heavy atom. The fraction of sp³-hybridized carbons (Fsp3) is 0.355. The van der Waals surface area contributed by atoms with Gasteiger partial charge in [-0.3, -0.25) is 24.2 Å². The molecule has 1 atom stereocenters. The number of aromatic nitrogens is 2. The number of amides is 2. The molecule has 1 aliphatic carbocycles. The van der Waals surface area contributed by atoms with Crippen molar-refractivity contribution in [2.24, 2.45) is 18.0 Å². The largest absolute Gasteiger partial charge is 0.464 e. The van der Waals surface area contributed by atoms with Gasteiger partial charge in [0.25, 0.3) is 11.8 Å². The average Bonchev–Trinajstić information content (AvgIpc) is 3.79.